The van der Waals surface area contributed by atoms with Crippen molar-refractivity contribution in [2.75, 3.05) is 26.7 Å². The fourth-order valence-corrected chi connectivity index (χ4v) is 3.53. The van der Waals surface area contributed by atoms with Crippen molar-refractivity contribution >= 4 is 5.97 Å². The molecule has 2 fully saturated rings. The number of hydrogen-bond donors (Lipinski definition) is 1. The molecule has 2 unspecified atom stereocenters. The van der Waals surface area contributed by atoms with Gasteiger partial charge in [0.1, 0.15) is 5.54 Å². The van der Waals surface area contributed by atoms with E-state index in [2.05, 4.69) is 24.1 Å². The Bertz CT molecular complexity index is 355. The summed E-state index contributed by atoms with van der Waals surface area (Å²) < 4.78 is 5.05. The molecular weight excluding hydrogens is 264 g/mol. The van der Waals surface area contributed by atoms with Gasteiger partial charge in [-0.05, 0) is 64.0 Å². The molecular formula is C17H32N2O2. The SMILES string of the molecule is COC(=O)C(C)(CN1CCCC(C(C)C)CC1)NC1CC1. The first-order valence-electron chi connectivity index (χ1n) is 8.53. The van der Waals surface area contributed by atoms with E-state index < -0.39 is 5.54 Å². The smallest absolute Gasteiger partial charge is 0.327 e. The van der Waals surface area contributed by atoms with Crippen molar-refractivity contribution in [2.24, 2.45) is 11.8 Å². The number of nitrogens with zero attached hydrogens (tertiary/aromatic N) is 1. The van der Waals surface area contributed by atoms with Crippen LogP contribution in [0.15, 0.2) is 0 Å². The van der Waals surface area contributed by atoms with Crippen molar-refractivity contribution in [2.45, 2.75) is 64.5 Å². The summed E-state index contributed by atoms with van der Waals surface area (Å²) in [5.41, 5.74) is -0.562. The van der Waals surface area contributed by atoms with Crippen LogP contribution in [0.2, 0.25) is 0 Å². The fraction of sp³-hybridized carbons (Fsp3) is 0.941. The number of esters is 1. The molecule has 4 nitrogen and oxygen atoms in total. The number of carbonyl (C=O) groups is 1. The van der Waals surface area contributed by atoms with Gasteiger partial charge in [0.05, 0.1) is 7.11 Å². The minimum Gasteiger partial charge on any atom is -0.468 e. The predicted octanol–water partition coefficient (Wildman–Crippen LogP) is 2.43. The van der Waals surface area contributed by atoms with Crippen molar-refractivity contribution < 1.29 is 9.53 Å². The molecule has 0 bridgehead atoms. The normalized spacial score (nSPS) is 27.2. The Balaban J connectivity index is 1.94. The van der Waals surface area contributed by atoms with Crippen LogP contribution in [0, 0.1) is 11.8 Å². The van der Waals surface area contributed by atoms with Crippen LogP contribution in [0.3, 0.4) is 0 Å². The van der Waals surface area contributed by atoms with Gasteiger partial charge in [0.2, 0.25) is 0 Å². The monoisotopic (exact) mass is 296 g/mol. The molecule has 1 saturated heterocycles. The maximum Gasteiger partial charge on any atom is 0.327 e. The molecule has 0 radical (unpaired) electrons. The highest BCUT2D eigenvalue weighted by molar-refractivity contribution is 5.80. The molecule has 0 aromatic rings. The van der Waals surface area contributed by atoms with Crippen LogP contribution in [0.25, 0.3) is 0 Å². The summed E-state index contributed by atoms with van der Waals surface area (Å²) in [5.74, 6) is 1.47. The van der Waals surface area contributed by atoms with Crippen molar-refractivity contribution in [1.82, 2.24) is 10.2 Å². The highest BCUT2D eigenvalue weighted by Gasteiger charge is 2.41. The Labute approximate surface area is 129 Å². The maximum atomic E-state index is 12.2. The topological polar surface area (TPSA) is 41.6 Å². The van der Waals surface area contributed by atoms with E-state index >= 15 is 0 Å². The third kappa shape index (κ3) is 4.68. The standard InChI is InChI=1S/C17H32N2O2/c1-13(2)14-6-5-10-19(11-9-14)12-17(3,16(20)21-4)18-15-7-8-15/h13-15,18H,5-12H2,1-4H3. The third-order valence-corrected chi connectivity index (χ3v) is 5.08. The highest BCUT2D eigenvalue weighted by Crippen LogP contribution is 2.27. The summed E-state index contributed by atoms with van der Waals surface area (Å²) in [6.45, 7) is 9.62. The van der Waals surface area contributed by atoms with Crippen LogP contribution in [0.1, 0.15) is 52.9 Å². The second-order valence-corrected chi connectivity index (χ2v) is 7.45. The van der Waals surface area contributed by atoms with Gasteiger partial charge < -0.3 is 9.64 Å². The van der Waals surface area contributed by atoms with E-state index in [-0.39, 0.29) is 5.97 Å². The minimum absolute atomic E-state index is 0.126. The number of ether oxygens (including phenoxy) is 1. The van der Waals surface area contributed by atoms with Crippen molar-refractivity contribution in [3.63, 3.8) is 0 Å². The summed E-state index contributed by atoms with van der Waals surface area (Å²) in [5, 5.41) is 3.50. The van der Waals surface area contributed by atoms with Gasteiger partial charge in [-0.2, -0.15) is 0 Å². The first kappa shape index (κ1) is 16.8. The number of nitrogens with one attached hydrogen (secondary N) is 1. The molecule has 1 heterocycles. The van der Waals surface area contributed by atoms with Crippen molar-refractivity contribution in [3.05, 3.63) is 0 Å². The molecule has 2 rings (SSSR count). The molecule has 2 aliphatic rings. The summed E-state index contributed by atoms with van der Waals surface area (Å²) in [4.78, 5) is 14.7. The van der Waals surface area contributed by atoms with Gasteiger partial charge in [0, 0.05) is 12.6 Å². The van der Waals surface area contributed by atoms with Gasteiger partial charge in [-0.25, -0.2) is 0 Å². The van der Waals surface area contributed by atoms with Crippen LogP contribution in [-0.2, 0) is 9.53 Å². The van der Waals surface area contributed by atoms with Gasteiger partial charge in [0.15, 0.2) is 0 Å². The summed E-state index contributed by atoms with van der Waals surface area (Å²) in [6.07, 6.45) is 6.17. The Morgan fingerprint density at radius 2 is 2.00 bits per heavy atom. The minimum atomic E-state index is -0.562. The molecule has 1 aliphatic heterocycles. The molecule has 21 heavy (non-hydrogen) atoms. The lowest BCUT2D eigenvalue weighted by molar-refractivity contribution is -0.148. The molecule has 1 saturated carbocycles. The third-order valence-electron chi connectivity index (χ3n) is 5.08. The molecule has 1 N–H and O–H groups in total. The van der Waals surface area contributed by atoms with Crippen LogP contribution in [0.5, 0.6) is 0 Å². The van der Waals surface area contributed by atoms with E-state index in [0.29, 0.717) is 6.04 Å². The Morgan fingerprint density at radius 1 is 1.29 bits per heavy atom. The largest absolute Gasteiger partial charge is 0.468 e. The van der Waals surface area contributed by atoms with Crippen LogP contribution >= 0.6 is 0 Å². The number of rotatable bonds is 6. The molecule has 1 aliphatic carbocycles. The lowest BCUT2D eigenvalue weighted by Gasteiger charge is -2.34. The van der Waals surface area contributed by atoms with E-state index in [9.17, 15) is 4.79 Å². The van der Waals surface area contributed by atoms with Gasteiger partial charge in [-0.3, -0.25) is 10.1 Å². The molecule has 0 aromatic carbocycles. The first-order chi connectivity index (χ1) is 9.94. The van der Waals surface area contributed by atoms with E-state index in [1.165, 1.54) is 39.2 Å². The predicted molar refractivity (Wildman–Crippen MR) is 85.2 cm³/mol. The lowest BCUT2D eigenvalue weighted by atomic mass is 9.89. The zero-order valence-electron chi connectivity index (χ0n) is 14.2. The lowest BCUT2D eigenvalue weighted by Crippen LogP contribution is -2.58. The van der Waals surface area contributed by atoms with Crippen LogP contribution in [0.4, 0.5) is 0 Å². The van der Waals surface area contributed by atoms with Crippen LogP contribution < -0.4 is 5.32 Å². The first-order valence-corrected chi connectivity index (χ1v) is 8.53. The van der Waals surface area contributed by atoms with Gasteiger partial charge in [-0.15, -0.1) is 0 Å². The van der Waals surface area contributed by atoms with E-state index in [1.807, 2.05) is 6.92 Å². The average molecular weight is 296 g/mol. The fourth-order valence-electron chi connectivity index (χ4n) is 3.53. The van der Waals surface area contributed by atoms with E-state index in [1.54, 1.807) is 0 Å². The summed E-state index contributed by atoms with van der Waals surface area (Å²) >= 11 is 0. The van der Waals surface area contributed by atoms with Crippen LogP contribution in [-0.4, -0.2) is 49.2 Å². The molecule has 0 spiro atoms. The van der Waals surface area contributed by atoms with E-state index in [4.69, 9.17) is 4.74 Å². The summed E-state index contributed by atoms with van der Waals surface area (Å²) in [6, 6.07) is 0.504. The Kier molecular flexibility index (Phi) is 5.67. The molecule has 0 aromatic heterocycles. The average Bonchev–Trinajstić information content (AvgIpc) is 3.25. The second kappa shape index (κ2) is 7.10. The Hall–Kier alpha value is -0.610. The highest BCUT2D eigenvalue weighted by atomic mass is 16.5. The number of likely N-dealkylation sites (tertiary alicyclic amines) is 1. The van der Waals surface area contributed by atoms with Gasteiger partial charge in [-0.1, -0.05) is 13.8 Å². The zero-order chi connectivity index (χ0) is 15.5. The zero-order valence-corrected chi connectivity index (χ0v) is 14.2. The quantitative estimate of drug-likeness (QED) is 0.764. The molecule has 2 atom stereocenters. The summed E-state index contributed by atoms with van der Waals surface area (Å²) in [7, 11) is 1.49. The molecule has 0 amide bonds. The number of carbonyl (C=O) groups excluding carboxylic acids is 1. The molecule has 122 valence electrons. The Morgan fingerprint density at radius 3 is 2.57 bits per heavy atom. The second-order valence-electron chi connectivity index (χ2n) is 7.45. The number of hydrogen-bond acceptors (Lipinski definition) is 4. The van der Waals surface area contributed by atoms with Crippen molar-refractivity contribution in [3.8, 4) is 0 Å². The molecule has 4 heteroatoms. The van der Waals surface area contributed by atoms with Gasteiger partial charge in [0.25, 0.3) is 0 Å². The van der Waals surface area contributed by atoms with E-state index in [0.717, 1.165) is 31.5 Å². The number of methoxy groups -OCH3 is 1. The van der Waals surface area contributed by atoms with Crippen molar-refractivity contribution in [1.29, 1.82) is 0 Å². The maximum absolute atomic E-state index is 12.2. The van der Waals surface area contributed by atoms with Gasteiger partial charge >= 0.3 is 5.97 Å².